The van der Waals surface area contributed by atoms with Crippen LogP contribution in [0.2, 0.25) is 0 Å². The SMILES string of the molecule is COC(=O)[C@]1(O)[C@H]2C[C@]3([C@H](C)CCC3(O)[C@]13COC3=O)[C@@H](O)C(=O)O2. The molecule has 138 valence electrons. The van der Waals surface area contributed by atoms with Crippen molar-refractivity contribution in [2.24, 2.45) is 16.7 Å². The Balaban J connectivity index is 2.03. The molecule has 3 N–H and O–H groups in total. The number of ether oxygens (including phenoxy) is 3. The van der Waals surface area contributed by atoms with Crippen molar-refractivity contribution in [3.63, 3.8) is 0 Å². The van der Waals surface area contributed by atoms with E-state index in [0.29, 0.717) is 6.42 Å². The van der Waals surface area contributed by atoms with Crippen LogP contribution in [0.3, 0.4) is 0 Å². The average Bonchev–Trinajstić information content (AvgIpc) is 2.83. The van der Waals surface area contributed by atoms with Crippen molar-refractivity contribution in [1.29, 1.82) is 0 Å². The van der Waals surface area contributed by atoms with Gasteiger partial charge in [0.1, 0.15) is 12.7 Å². The molecule has 2 aliphatic heterocycles. The molecule has 0 aromatic rings. The summed E-state index contributed by atoms with van der Waals surface area (Å²) in [4.78, 5) is 37.3. The molecule has 2 saturated carbocycles. The Bertz CT molecular complexity index is 691. The van der Waals surface area contributed by atoms with Gasteiger partial charge in [-0.2, -0.15) is 0 Å². The van der Waals surface area contributed by atoms with Gasteiger partial charge in [0.15, 0.2) is 11.5 Å². The Morgan fingerprint density at radius 3 is 2.52 bits per heavy atom. The van der Waals surface area contributed by atoms with Gasteiger partial charge < -0.3 is 29.5 Å². The van der Waals surface area contributed by atoms with Crippen LogP contribution in [0.5, 0.6) is 0 Å². The summed E-state index contributed by atoms with van der Waals surface area (Å²) in [6.45, 7) is 1.33. The molecular weight excluding hydrogens is 336 g/mol. The van der Waals surface area contributed by atoms with Gasteiger partial charge in [-0.1, -0.05) is 6.92 Å². The minimum atomic E-state index is -2.59. The molecular formula is C16H20O9. The Morgan fingerprint density at radius 1 is 1.32 bits per heavy atom. The van der Waals surface area contributed by atoms with Crippen LogP contribution < -0.4 is 0 Å². The van der Waals surface area contributed by atoms with Gasteiger partial charge in [0.05, 0.1) is 12.7 Å². The molecule has 2 spiro atoms. The highest BCUT2D eigenvalue weighted by atomic mass is 16.6. The van der Waals surface area contributed by atoms with Gasteiger partial charge in [-0.05, 0) is 25.2 Å². The number of rotatable bonds is 1. The number of hydrogen-bond donors (Lipinski definition) is 3. The molecule has 0 amide bonds. The molecule has 2 saturated heterocycles. The van der Waals surface area contributed by atoms with Crippen LogP contribution in [0.4, 0.5) is 0 Å². The van der Waals surface area contributed by atoms with Gasteiger partial charge in [0.2, 0.25) is 5.60 Å². The molecule has 0 radical (unpaired) electrons. The average molecular weight is 356 g/mol. The van der Waals surface area contributed by atoms with Crippen LogP contribution in [0.25, 0.3) is 0 Å². The third kappa shape index (κ3) is 1.36. The summed E-state index contributed by atoms with van der Waals surface area (Å²) in [6.07, 6.45) is -2.82. The Labute approximate surface area is 142 Å². The van der Waals surface area contributed by atoms with E-state index in [1.165, 1.54) is 0 Å². The van der Waals surface area contributed by atoms with Gasteiger partial charge in [0, 0.05) is 5.41 Å². The maximum Gasteiger partial charge on any atom is 0.343 e. The lowest BCUT2D eigenvalue weighted by atomic mass is 9.42. The van der Waals surface area contributed by atoms with Crippen molar-refractivity contribution < 1.29 is 43.9 Å². The highest BCUT2D eigenvalue weighted by molar-refractivity contribution is 5.97. The van der Waals surface area contributed by atoms with E-state index in [1.54, 1.807) is 6.92 Å². The third-order valence-electron chi connectivity index (χ3n) is 7.17. The fourth-order valence-corrected chi connectivity index (χ4v) is 5.79. The zero-order chi connectivity index (χ0) is 18.4. The monoisotopic (exact) mass is 356 g/mol. The number of methoxy groups -OCH3 is 1. The normalized spacial score (nSPS) is 53.6. The topological polar surface area (TPSA) is 140 Å². The van der Waals surface area contributed by atoms with E-state index in [-0.39, 0.29) is 18.8 Å². The lowest BCUT2D eigenvalue weighted by Gasteiger charge is -2.68. The third-order valence-corrected chi connectivity index (χ3v) is 7.17. The first-order chi connectivity index (χ1) is 11.6. The Hall–Kier alpha value is -1.71. The van der Waals surface area contributed by atoms with E-state index in [2.05, 4.69) is 4.74 Å². The molecule has 9 nitrogen and oxygen atoms in total. The molecule has 0 aromatic carbocycles. The predicted molar refractivity (Wildman–Crippen MR) is 76.6 cm³/mol. The molecule has 0 aromatic heterocycles. The van der Waals surface area contributed by atoms with E-state index in [9.17, 15) is 29.7 Å². The second-order valence-electron chi connectivity index (χ2n) is 7.61. The van der Waals surface area contributed by atoms with Crippen molar-refractivity contribution in [2.75, 3.05) is 13.7 Å². The van der Waals surface area contributed by atoms with Crippen molar-refractivity contribution in [3.8, 4) is 0 Å². The maximum absolute atomic E-state index is 12.5. The summed E-state index contributed by atoms with van der Waals surface area (Å²) >= 11 is 0. The van der Waals surface area contributed by atoms with Crippen molar-refractivity contribution in [1.82, 2.24) is 0 Å². The maximum atomic E-state index is 12.5. The number of hydrogen-bond acceptors (Lipinski definition) is 9. The minimum absolute atomic E-state index is 0.0274. The molecule has 4 fully saturated rings. The smallest absolute Gasteiger partial charge is 0.343 e. The van der Waals surface area contributed by atoms with Crippen molar-refractivity contribution in [2.45, 2.75) is 49.6 Å². The molecule has 4 aliphatic rings. The van der Waals surface area contributed by atoms with E-state index in [0.717, 1.165) is 7.11 Å². The zero-order valence-corrected chi connectivity index (χ0v) is 13.9. The molecule has 2 bridgehead atoms. The molecule has 4 rings (SSSR count). The summed E-state index contributed by atoms with van der Waals surface area (Å²) < 4.78 is 14.7. The Morgan fingerprint density at radius 2 is 2.00 bits per heavy atom. The summed E-state index contributed by atoms with van der Waals surface area (Å²) in [7, 11) is 1.03. The standard InChI is InChI=1S/C16H20O9/c1-7-3-4-15(21)13(7)5-8(25-10(18)9(13)17)16(22,12(20)23-2)14(15)6-24-11(14)19/h7-9,17,21-22H,3-6H2,1-2H3/t7-,8-,9+,13+,14-,15?,16-/m1/s1. The fourth-order valence-electron chi connectivity index (χ4n) is 5.79. The summed E-state index contributed by atoms with van der Waals surface area (Å²) in [5, 5.41) is 33.6. The van der Waals surface area contributed by atoms with Crippen LogP contribution in [0.1, 0.15) is 26.2 Å². The van der Waals surface area contributed by atoms with Crippen LogP contribution in [-0.4, -0.2) is 70.4 Å². The molecule has 2 heterocycles. The van der Waals surface area contributed by atoms with Gasteiger partial charge in [0.25, 0.3) is 0 Å². The number of cyclic esters (lactones) is 1. The van der Waals surface area contributed by atoms with Gasteiger partial charge in [-0.25, -0.2) is 9.59 Å². The largest absolute Gasteiger partial charge is 0.467 e. The molecule has 1 unspecified atom stereocenters. The minimum Gasteiger partial charge on any atom is -0.467 e. The second kappa shape index (κ2) is 4.52. The first-order valence-corrected chi connectivity index (χ1v) is 8.22. The number of carbonyl (C=O) groups excluding carboxylic acids is 3. The van der Waals surface area contributed by atoms with E-state index in [1.807, 2.05) is 0 Å². The number of carbonyl (C=O) groups is 3. The highest BCUT2D eigenvalue weighted by Gasteiger charge is 2.90. The number of fused-ring (bicyclic) bond motifs is 2. The van der Waals surface area contributed by atoms with Crippen LogP contribution in [-0.2, 0) is 28.6 Å². The highest BCUT2D eigenvalue weighted by Crippen LogP contribution is 2.72. The molecule has 7 atom stereocenters. The van der Waals surface area contributed by atoms with E-state index < -0.39 is 58.8 Å². The Kier molecular flexibility index (Phi) is 3.03. The lowest BCUT2D eigenvalue weighted by Crippen LogP contribution is -2.88. The first-order valence-electron chi connectivity index (χ1n) is 8.22. The van der Waals surface area contributed by atoms with Crippen molar-refractivity contribution in [3.05, 3.63) is 0 Å². The first kappa shape index (κ1) is 16.7. The number of esters is 3. The number of aliphatic hydroxyl groups is 3. The van der Waals surface area contributed by atoms with E-state index in [4.69, 9.17) is 9.47 Å². The predicted octanol–water partition coefficient (Wildman–Crippen LogP) is -1.73. The summed E-state index contributed by atoms with van der Waals surface area (Å²) in [5.74, 6) is -3.51. The lowest BCUT2D eigenvalue weighted by molar-refractivity contribution is -0.357. The quantitative estimate of drug-likeness (QED) is 0.369. The van der Waals surface area contributed by atoms with Crippen LogP contribution in [0, 0.1) is 16.7 Å². The van der Waals surface area contributed by atoms with Crippen molar-refractivity contribution >= 4 is 17.9 Å². The molecule has 25 heavy (non-hydrogen) atoms. The molecule has 2 aliphatic carbocycles. The van der Waals surface area contributed by atoms with Crippen LogP contribution >= 0.6 is 0 Å². The fraction of sp³-hybridized carbons (Fsp3) is 0.812. The van der Waals surface area contributed by atoms with Crippen LogP contribution in [0.15, 0.2) is 0 Å². The van der Waals surface area contributed by atoms with Gasteiger partial charge in [-0.3, -0.25) is 4.79 Å². The zero-order valence-electron chi connectivity index (χ0n) is 13.9. The summed E-state index contributed by atoms with van der Waals surface area (Å²) in [6, 6.07) is 0. The molecule has 9 heteroatoms. The van der Waals surface area contributed by atoms with Gasteiger partial charge >= 0.3 is 17.9 Å². The second-order valence-corrected chi connectivity index (χ2v) is 7.61. The van der Waals surface area contributed by atoms with E-state index >= 15 is 0 Å². The number of aliphatic hydroxyl groups excluding tert-OH is 1. The van der Waals surface area contributed by atoms with Gasteiger partial charge in [-0.15, -0.1) is 0 Å². The summed E-state index contributed by atoms with van der Waals surface area (Å²) in [5.41, 5.74) is -8.06.